The van der Waals surface area contributed by atoms with Gasteiger partial charge in [0.15, 0.2) is 0 Å². The van der Waals surface area contributed by atoms with Gasteiger partial charge < -0.3 is 9.80 Å². The number of sulfonamides is 1. The second-order valence-corrected chi connectivity index (χ2v) is 9.86. The molecule has 30 heavy (non-hydrogen) atoms. The third-order valence-corrected chi connectivity index (χ3v) is 7.77. The maximum atomic E-state index is 12.9. The molecule has 2 aliphatic rings. The molecule has 8 heteroatoms. The first-order valence-corrected chi connectivity index (χ1v) is 12.5. The highest BCUT2D eigenvalue weighted by atomic mass is 32.2. The fraction of sp³-hybridized carbons (Fsp3) is 0.364. The number of hydrogen-bond acceptors (Lipinski definition) is 5. The van der Waals surface area contributed by atoms with Crippen molar-refractivity contribution in [1.29, 1.82) is 0 Å². The van der Waals surface area contributed by atoms with E-state index in [0.717, 1.165) is 18.4 Å². The molecule has 0 saturated carbocycles. The molecule has 0 atom stereocenters. The number of aryl methyl sites for hydroxylation is 1. The van der Waals surface area contributed by atoms with Crippen LogP contribution in [0.15, 0.2) is 51.1 Å². The van der Waals surface area contributed by atoms with Gasteiger partial charge in [-0.25, -0.2) is 0 Å². The van der Waals surface area contributed by atoms with Gasteiger partial charge in [-0.2, -0.15) is 19.8 Å². The molecular weight excluding hydrogens is 418 g/mol. The van der Waals surface area contributed by atoms with Crippen molar-refractivity contribution < 1.29 is 13.2 Å². The summed E-state index contributed by atoms with van der Waals surface area (Å²) in [5.41, 5.74) is 3.23. The van der Waals surface area contributed by atoms with E-state index >= 15 is 0 Å². The third kappa shape index (κ3) is 3.94. The first kappa shape index (κ1) is 20.8. The highest BCUT2D eigenvalue weighted by Crippen LogP contribution is 2.34. The van der Waals surface area contributed by atoms with Gasteiger partial charge in [0.2, 0.25) is 0 Å². The maximum Gasteiger partial charge on any atom is 0.285 e. The van der Waals surface area contributed by atoms with E-state index in [-0.39, 0.29) is 10.8 Å². The summed E-state index contributed by atoms with van der Waals surface area (Å²) in [5, 5.41) is 3.76. The van der Waals surface area contributed by atoms with Crippen LogP contribution in [0.3, 0.4) is 0 Å². The van der Waals surface area contributed by atoms with Crippen molar-refractivity contribution in [2.24, 2.45) is 4.40 Å². The van der Waals surface area contributed by atoms with Crippen molar-refractivity contribution in [1.82, 2.24) is 9.80 Å². The topological polar surface area (TPSA) is 70.0 Å². The van der Waals surface area contributed by atoms with E-state index in [4.69, 9.17) is 0 Å². The zero-order chi connectivity index (χ0) is 21.3. The number of carbonyl (C=O) groups is 1. The van der Waals surface area contributed by atoms with Crippen LogP contribution in [0.4, 0.5) is 0 Å². The third-order valence-electron chi connectivity index (χ3n) is 5.62. The second-order valence-electron chi connectivity index (χ2n) is 7.54. The van der Waals surface area contributed by atoms with Crippen molar-refractivity contribution in [2.45, 2.75) is 26.7 Å². The summed E-state index contributed by atoms with van der Waals surface area (Å²) in [6.45, 7) is 6.32. The largest absolute Gasteiger partial charge is 0.354 e. The summed E-state index contributed by atoms with van der Waals surface area (Å²) < 4.78 is 29.8. The Labute approximate surface area is 181 Å². The molecule has 158 valence electrons. The first-order valence-electron chi connectivity index (χ1n) is 10.1. The van der Waals surface area contributed by atoms with E-state index in [9.17, 15) is 13.2 Å². The van der Waals surface area contributed by atoms with Crippen LogP contribution in [0.2, 0.25) is 0 Å². The number of hydrogen-bond donors (Lipinski definition) is 0. The van der Waals surface area contributed by atoms with E-state index in [2.05, 4.69) is 11.3 Å². The summed E-state index contributed by atoms with van der Waals surface area (Å²) in [7, 11) is -3.74. The lowest BCUT2D eigenvalue weighted by Crippen LogP contribution is -2.37. The molecule has 0 aliphatic carbocycles. The molecule has 1 saturated heterocycles. The molecular formula is C22H25N3O3S2. The lowest BCUT2D eigenvalue weighted by molar-refractivity contribution is 0.0764. The number of benzene rings is 1. The maximum absolute atomic E-state index is 12.9. The Morgan fingerprint density at radius 2 is 1.87 bits per heavy atom. The average molecular weight is 444 g/mol. The summed E-state index contributed by atoms with van der Waals surface area (Å²) in [6, 6.07) is 9.48. The molecule has 1 amide bonds. The van der Waals surface area contributed by atoms with E-state index < -0.39 is 10.0 Å². The fourth-order valence-electron chi connectivity index (χ4n) is 3.98. The zero-order valence-electron chi connectivity index (χ0n) is 17.2. The van der Waals surface area contributed by atoms with Crippen molar-refractivity contribution in [2.75, 3.05) is 26.2 Å². The van der Waals surface area contributed by atoms with Crippen molar-refractivity contribution in [3.8, 4) is 0 Å². The lowest BCUT2D eigenvalue weighted by Gasteiger charge is -2.23. The van der Waals surface area contributed by atoms with Crippen LogP contribution in [0.1, 0.15) is 41.8 Å². The van der Waals surface area contributed by atoms with Gasteiger partial charge in [0.1, 0.15) is 10.7 Å². The lowest BCUT2D eigenvalue weighted by atomic mass is 10.1. The van der Waals surface area contributed by atoms with Gasteiger partial charge in [0.05, 0.1) is 5.56 Å². The standard InChI is InChI=1S/C22H25N3O3S2/c1-3-17-5-7-18(8-6-17)20-16(2)21(23-30(20,27)28)24-10-4-11-25(13-12-24)22(26)19-9-14-29-15-19/h5-9,14-15H,3-4,10-13H2,1-2H3. The van der Waals surface area contributed by atoms with Crippen LogP contribution in [-0.4, -0.2) is 56.1 Å². The molecule has 1 aromatic heterocycles. The minimum absolute atomic E-state index is 0.0306. The van der Waals surface area contributed by atoms with Crippen molar-refractivity contribution in [3.63, 3.8) is 0 Å². The van der Waals surface area contributed by atoms with Crippen LogP contribution in [0.5, 0.6) is 0 Å². The van der Waals surface area contributed by atoms with E-state index in [1.165, 1.54) is 11.3 Å². The predicted octanol–water partition coefficient (Wildman–Crippen LogP) is 3.63. The normalized spacial score (nSPS) is 19.1. The Morgan fingerprint density at radius 1 is 1.10 bits per heavy atom. The molecule has 4 rings (SSSR count). The minimum atomic E-state index is -3.74. The summed E-state index contributed by atoms with van der Waals surface area (Å²) >= 11 is 1.51. The van der Waals surface area contributed by atoms with E-state index in [1.807, 2.05) is 57.8 Å². The van der Waals surface area contributed by atoms with Gasteiger partial charge in [-0.15, -0.1) is 4.40 Å². The molecule has 2 aromatic rings. The first-order chi connectivity index (χ1) is 14.4. The quantitative estimate of drug-likeness (QED) is 0.726. The van der Waals surface area contributed by atoms with Gasteiger partial charge in [0, 0.05) is 37.1 Å². The van der Waals surface area contributed by atoms with Gasteiger partial charge in [-0.1, -0.05) is 31.2 Å². The van der Waals surface area contributed by atoms with Crippen LogP contribution >= 0.6 is 11.3 Å². The van der Waals surface area contributed by atoms with Gasteiger partial charge >= 0.3 is 0 Å². The van der Waals surface area contributed by atoms with Gasteiger partial charge in [0.25, 0.3) is 15.9 Å². The number of rotatable bonds is 3. The molecule has 3 heterocycles. The minimum Gasteiger partial charge on any atom is -0.354 e. The molecule has 0 bridgehead atoms. The second kappa shape index (κ2) is 8.35. The Kier molecular flexibility index (Phi) is 5.79. The molecule has 0 N–H and O–H groups in total. The van der Waals surface area contributed by atoms with Gasteiger partial charge in [-0.3, -0.25) is 4.79 Å². The smallest absolute Gasteiger partial charge is 0.285 e. The molecule has 6 nitrogen and oxygen atoms in total. The van der Waals surface area contributed by atoms with Crippen LogP contribution in [-0.2, 0) is 16.4 Å². The number of thiophene rings is 1. The van der Waals surface area contributed by atoms with Gasteiger partial charge in [-0.05, 0) is 42.3 Å². The number of amides is 1. The Balaban J connectivity index is 1.56. The number of nitrogens with zero attached hydrogens (tertiary/aromatic N) is 3. The predicted molar refractivity (Wildman–Crippen MR) is 121 cm³/mol. The molecule has 2 aliphatic heterocycles. The summed E-state index contributed by atoms with van der Waals surface area (Å²) in [5.74, 6) is 0.539. The van der Waals surface area contributed by atoms with Crippen LogP contribution < -0.4 is 0 Å². The zero-order valence-corrected chi connectivity index (χ0v) is 18.8. The Bertz CT molecular complexity index is 1100. The molecule has 0 spiro atoms. The number of carbonyl (C=O) groups excluding carboxylic acids is 1. The SMILES string of the molecule is CCc1ccc(C2=C(C)C(N3CCCN(C(=O)c4ccsc4)CC3)=NS2(=O)=O)cc1. The van der Waals surface area contributed by atoms with Crippen LogP contribution in [0, 0.1) is 0 Å². The summed E-state index contributed by atoms with van der Waals surface area (Å²) in [4.78, 5) is 16.8. The molecule has 0 unspecified atom stereocenters. The monoisotopic (exact) mass is 443 g/mol. The fourth-order valence-corrected chi connectivity index (χ4v) is 6.09. The molecule has 1 aromatic carbocycles. The van der Waals surface area contributed by atoms with E-state index in [0.29, 0.717) is 48.7 Å². The molecule has 1 fully saturated rings. The number of amidine groups is 1. The molecule has 0 radical (unpaired) electrons. The van der Waals surface area contributed by atoms with Crippen molar-refractivity contribution >= 4 is 38.0 Å². The van der Waals surface area contributed by atoms with E-state index in [1.54, 1.807) is 0 Å². The Hall–Kier alpha value is -2.45. The van der Waals surface area contributed by atoms with Crippen molar-refractivity contribution in [3.05, 3.63) is 63.4 Å². The van der Waals surface area contributed by atoms with Crippen LogP contribution in [0.25, 0.3) is 4.91 Å². The average Bonchev–Trinajstić information content (AvgIpc) is 3.26. The summed E-state index contributed by atoms with van der Waals surface area (Å²) in [6.07, 6.45) is 1.67. The highest BCUT2D eigenvalue weighted by molar-refractivity contribution is 8.00. The Morgan fingerprint density at radius 3 is 2.53 bits per heavy atom. The highest BCUT2D eigenvalue weighted by Gasteiger charge is 2.34.